The molecule has 0 aliphatic rings. The standard InChI is InChI=1S/C21H20ClN3O5/c1-29-16-7-8-18(30-2)17(11-16)23-19(26)13-25-10-9-24(20(27)21(25)28)12-14-3-5-15(22)6-4-14/h3-11H,12-13H2,1-2H3,(H,23,26). The van der Waals surface area contributed by atoms with Crippen LogP contribution in [0.5, 0.6) is 11.5 Å². The van der Waals surface area contributed by atoms with Gasteiger partial charge in [-0.3, -0.25) is 19.0 Å². The van der Waals surface area contributed by atoms with Crippen LogP contribution in [0.2, 0.25) is 5.02 Å². The minimum atomic E-state index is -0.792. The summed E-state index contributed by atoms with van der Waals surface area (Å²) in [5, 5.41) is 3.25. The van der Waals surface area contributed by atoms with Crippen LogP contribution in [0.25, 0.3) is 0 Å². The first-order valence-electron chi connectivity index (χ1n) is 8.97. The molecule has 0 unspecified atom stereocenters. The van der Waals surface area contributed by atoms with Gasteiger partial charge in [0, 0.05) is 23.5 Å². The Kier molecular flexibility index (Phi) is 6.58. The molecule has 0 bridgehead atoms. The molecular weight excluding hydrogens is 410 g/mol. The Bertz CT molecular complexity index is 1170. The van der Waals surface area contributed by atoms with Crippen LogP contribution in [0.1, 0.15) is 5.56 Å². The molecule has 0 saturated carbocycles. The molecule has 0 spiro atoms. The van der Waals surface area contributed by atoms with E-state index in [1.807, 2.05) is 0 Å². The molecule has 3 aromatic rings. The van der Waals surface area contributed by atoms with Gasteiger partial charge in [0.05, 0.1) is 26.5 Å². The first-order valence-corrected chi connectivity index (χ1v) is 9.35. The Hall–Kier alpha value is -3.52. The minimum Gasteiger partial charge on any atom is -0.497 e. The predicted molar refractivity (Wildman–Crippen MR) is 114 cm³/mol. The van der Waals surface area contributed by atoms with Crippen LogP contribution in [-0.2, 0) is 17.9 Å². The summed E-state index contributed by atoms with van der Waals surface area (Å²) in [6, 6.07) is 11.9. The first kappa shape index (κ1) is 21.2. The molecule has 1 heterocycles. The summed E-state index contributed by atoms with van der Waals surface area (Å²) in [7, 11) is 2.98. The lowest BCUT2D eigenvalue weighted by Crippen LogP contribution is -2.42. The highest BCUT2D eigenvalue weighted by Crippen LogP contribution is 2.28. The van der Waals surface area contributed by atoms with Gasteiger partial charge in [0.1, 0.15) is 18.0 Å². The van der Waals surface area contributed by atoms with Crippen LogP contribution < -0.4 is 25.9 Å². The van der Waals surface area contributed by atoms with Gasteiger partial charge in [-0.1, -0.05) is 23.7 Å². The average Bonchev–Trinajstić information content (AvgIpc) is 2.75. The van der Waals surface area contributed by atoms with E-state index in [-0.39, 0.29) is 13.1 Å². The third kappa shape index (κ3) is 4.90. The summed E-state index contributed by atoms with van der Waals surface area (Å²) in [5.41, 5.74) is -0.300. The Morgan fingerprint density at radius 2 is 1.63 bits per heavy atom. The number of benzene rings is 2. The number of nitrogens with one attached hydrogen (secondary N) is 1. The lowest BCUT2D eigenvalue weighted by atomic mass is 10.2. The van der Waals surface area contributed by atoms with Crippen molar-refractivity contribution in [2.45, 2.75) is 13.1 Å². The highest BCUT2D eigenvalue weighted by Gasteiger charge is 2.12. The number of carbonyl (C=O) groups is 1. The maximum Gasteiger partial charge on any atom is 0.316 e. The average molecular weight is 430 g/mol. The van der Waals surface area contributed by atoms with Crippen LogP contribution in [0, 0.1) is 0 Å². The number of amides is 1. The van der Waals surface area contributed by atoms with Crippen LogP contribution in [0.3, 0.4) is 0 Å². The van der Waals surface area contributed by atoms with Crippen LogP contribution in [0.15, 0.2) is 64.4 Å². The van der Waals surface area contributed by atoms with Gasteiger partial charge in [-0.2, -0.15) is 0 Å². The molecule has 0 aliphatic carbocycles. The number of rotatable bonds is 7. The van der Waals surface area contributed by atoms with E-state index in [1.54, 1.807) is 42.5 Å². The molecule has 30 heavy (non-hydrogen) atoms. The molecule has 3 rings (SSSR count). The largest absolute Gasteiger partial charge is 0.497 e. The third-order valence-electron chi connectivity index (χ3n) is 4.39. The summed E-state index contributed by atoms with van der Waals surface area (Å²) in [6.45, 7) is -0.102. The van der Waals surface area contributed by atoms with Crippen LogP contribution in [0.4, 0.5) is 5.69 Å². The summed E-state index contributed by atoms with van der Waals surface area (Å²) >= 11 is 5.86. The number of anilines is 1. The maximum absolute atomic E-state index is 12.4. The SMILES string of the molecule is COc1ccc(OC)c(NC(=O)Cn2ccn(Cc3ccc(Cl)cc3)c(=O)c2=O)c1. The number of nitrogens with zero attached hydrogens (tertiary/aromatic N) is 2. The van der Waals surface area contributed by atoms with Crippen molar-refractivity contribution in [3.05, 3.63) is 86.2 Å². The molecule has 8 nitrogen and oxygen atoms in total. The first-order chi connectivity index (χ1) is 14.4. The van der Waals surface area contributed by atoms with Gasteiger partial charge >= 0.3 is 11.1 Å². The second-order valence-corrected chi connectivity index (χ2v) is 6.84. The van der Waals surface area contributed by atoms with E-state index in [0.29, 0.717) is 22.2 Å². The second-order valence-electron chi connectivity index (χ2n) is 6.41. The number of halogens is 1. The van der Waals surface area contributed by atoms with Gasteiger partial charge in [0.15, 0.2) is 0 Å². The van der Waals surface area contributed by atoms with E-state index in [9.17, 15) is 14.4 Å². The Labute approximate surface area is 177 Å². The van der Waals surface area contributed by atoms with E-state index in [4.69, 9.17) is 21.1 Å². The fraction of sp³-hybridized carbons (Fsp3) is 0.190. The third-order valence-corrected chi connectivity index (χ3v) is 4.64. The van der Waals surface area contributed by atoms with Gasteiger partial charge in [-0.15, -0.1) is 0 Å². The van der Waals surface area contributed by atoms with Gasteiger partial charge < -0.3 is 19.4 Å². The quantitative estimate of drug-likeness (QED) is 0.582. The molecule has 0 aliphatic heterocycles. The van der Waals surface area contributed by atoms with Crippen molar-refractivity contribution in [1.82, 2.24) is 9.13 Å². The number of hydrogen-bond acceptors (Lipinski definition) is 5. The smallest absolute Gasteiger partial charge is 0.316 e. The van der Waals surface area contributed by atoms with Crippen molar-refractivity contribution < 1.29 is 14.3 Å². The van der Waals surface area contributed by atoms with Crippen molar-refractivity contribution in [3.8, 4) is 11.5 Å². The number of methoxy groups -OCH3 is 2. The topological polar surface area (TPSA) is 91.6 Å². The lowest BCUT2D eigenvalue weighted by molar-refractivity contribution is -0.116. The zero-order valence-electron chi connectivity index (χ0n) is 16.4. The van der Waals surface area contributed by atoms with E-state index in [1.165, 1.54) is 31.2 Å². The molecule has 2 aromatic carbocycles. The van der Waals surface area contributed by atoms with Crippen molar-refractivity contribution in [3.63, 3.8) is 0 Å². The van der Waals surface area contributed by atoms with Crippen molar-refractivity contribution >= 4 is 23.2 Å². The van der Waals surface area contributed by atoms with E-state index in [0.717, 1.165) is 10.1 Å². The van der Waals surface area contributed by atoms with Gasteiger partial charge in [-0.25, -0.2) is 0 Å². The molecule has 9 heteroatoms. The lowest BCUT2D eigenvalue weighted by Gasteiger charge is -2.13. The second kappa shape index (κ2) is 9.32. The monoisotopic (exact) mass is 429 g/mol. The summed E-state index contributed by atoms with van der Waals surface area (Å²) in [5.74, 6) is 0.487. The van der Waals surface area contributed by atoms with Crippen LogP contribution >= 0.6 is 11.6 Å². The zero-order valence-corrected chi connectivity index (χ0v) is 17.2. The molecular formula is C21H20ClN3O5. The summed E-state index contributed by atoms with van der Waals surface area (Å²) in [4.78, 5) is 37.3. The van der Waals surface area contributed by atoms with Crippen molar-refractivity contribution in [1.29, 1.82) is 0 Å². The van der Waals surface area contributed by atoms with E-state index in [2.05, 4.69) is 5.32 Å². The Morgan fingerprint density at radius 3 is 2.30 bits per heavy atom. The molecule has 1 amide bonds. The number of carbonyl (C=O) groups excluding carboxylic acids is 1. The molecule has 0 saturated heterocycles. The van der Waals surface area contributed by atoms with Crippen molar-refractivity contribution in [2.75, 3.05) is 19.5 Å². The van der Waals surface area contributed by atoms with E-state index >= 15 is 0 Å². The summed E-state index contributed by atoms with van der Waals surface area (Å²) in [6.07, 6.45) is 2.87. The highest BCUT2D eigenvalue weighted by atomic mass is 35.5. The number of aromatic nitrogens is 2. The maximum atomic E-state index is 12.4. The van der Waals surface area contributed by atoms with Gasteiger partial charge in [-0.05, 0) is 29.8 Å². The highest BCUT2D eigenvalue weighted by molar-refractivity contribution is 6.30. The zero-order chi connectivity index (χ0) is 21.7. The summed E-state index contributed by atoms with van der Waals surface area (Å²) < 4.78 is 12.7. The molecule has 1 aromatic heterocycles. The number of ether oxygens (including phenoxy) is 2. The normalized spacial score (nSPS) is 10.5. The van der Waals surface area contributed by atoms with Gasteiger partial charge in [0.25, 0.3) is 0 Å². The number of hydrogen-bond donors (Lipinski definition) is 1. The molecule has 0 atom stereocenters. The molecule has 0 fully saturated rings. The predicted octanol–water partition coefficient (Wildman–Crippen LogP) is 2.37. The Morgan fingerprint density at radius 1 is 0.967 bits per heavy atom. The fourth-order valence-electron chi connectivity index (χ4n) is 2.83. The minimum absolute atomic E-state index is 0.222. The van der Waals surface area contributed by atoms with Crippen molar-refractivity contribution in [2.24, 2.45) is 0 Å². The van der Waals surface area contributed by atoms with E-state index < -0.39 is 17.0 Å². The molecule has 156 valence electrons. The molecule has 1 N–H and O–H groups in total. The van der Waals surface area contributed by atoms with Crippen LogP contribution in [-0.4, -0.2) is 29.3 Å². The fourth-order valence-corrected chi connectivity index (χ4v) is 2.96. The Balaban J connectivity index is 1.76. The molecule has 0 radical (unpaired) electrons. The van der Waals surface area contributed by atoms with Gasteiger partial charge in [0.2, 0.25) is 5.91 Å².